The van der Waals surface area contributed by atoms with E-state index in [1.165, 1.54) is 5.69 Å². The minimum absolute atomic E-state index is 0.313. The molecule has 2 aromatic rings. The molecule has 1 fully saturated rings. The summed E-state index contributed by atoms with van der Waals surface area (Å²) in [6, 6.07) is 10.5. The maximum absolute atomic E-state index is 11.7. The quantitative estimate of drug-likeness (QED) is 0.807. The zero-order valence-corrected chi connectivity index (χ0v) is 13.5. The van der Waals surface area contributed by atoms with Crippen molar-refractivity contribution in [3.05, 3.63) is 46.4 Å². The molecule has 22 heavy (non-hydrogen) atoms. The first-order chi connectivity index (χ1) is 10.8. The summed E-state index contributed by atoms with van der Waals surface area (Å²) >= 11 is 1.58. The van der Waals surface area contributed by atoms with Gasteiger partial charge in [0, 0.05) is 30.1 Å². The van der Waals surface area contributed by atoms with E-state index in [0.717, 1.165) is 30.9 Å². The number of thiazole rings is 1. The zero-order chi connectivity index (χ0) is 15.4. The van der Waals surface area contributed by atoms with Gasteiger partial charge in [-0.1, -0.05) is 18.2 Å². The molecule has 1 aliphatic heterocycles. The van der Waals surface area contributed by atoms with Gasteiger partial charge in [-0.15, -0.1) is 11.3 Å². The van der Waals surface area contributed by atoms with Crippen LogP contribution in [0.4, 0.5) is 5.69 Å². The molecule has 0 atom stereocenters. The minimum atomic E-state index is -0.313. The van der Waals surface area contributed by atoms with Crippen LogP contribution >= 0.6 is 11.3 Å². The average molecular weight is 316 g/mol. The minimum Gasteiger partial charge on any atom is -0.461 e. The number of hydrogen-bond acceptors (Lipinski definition) is 5. The van der Waals surface area contributed by atoms with Crippen molar-refractivity contribution in [1.82, 2.24) is 4.98 Å². The molecule has 5 heteroatoms. The van der Waals surface area contributed by atoms with Gasteiger partial charge in [0.05, 0.1) is 11.6 Å². The number of carbonyl (C=O) groups excluding carboxylic acids is 1. The highest BCUT2D eigenvalue weighted by Gasteiger charge is 2.24. The summed E-state index contributed by atoms with van der Waals surface area (Å²) in [5.74, 6) is 0.139. The summed E-state index contributed by atoms with van der Waals surface area (Å²) in [5, 5.41) is 2.88. The van der Waals surface area contributed by atoms with E-state index >= 15 is 0 Å². The highest BCUT2D eigenvalue weighted by molar-refractivity contribution is 7.09. The molecule has 116 valence electrons. The summed E-state index contributed by atoms with van der Waals surface area (Å²) in [6.45, 7) is 4.26. The predicted molar refractivity (Wildman–Crippen MR) is 88.7 cm³/mol. The Hall–Kier alpha value is -1.88. The number of carbonyl (C=O) groups is 1. The molecule has 4 nitrogen and oxygen atoms in total. The van der Waals surface area contributed by atoms with E-state index in [1.807, 2.05) is 18.4 Å². The van der Waals surface area contributed by atoms with Crippen molar-refractivity contribution in [2.75, 3.05) is 24.6 Å². The van der Waals surface area contributed by atoms with Crippen LogP contribution in [0.15, 0.2) is 35.7 Å². The maximum atomic E-state index is 11.7. The highest BCUT2D eigenvalue weighted by atomic mass is 32.1. The van der Waals surface area contributed by atoms with Crippen LogP contribution in [-0.4, -0.2) is 30.6 Å². The first-order valence-electron chi connectivity index (χ1n) is 7.70. The standard InChI is InChI=1S/C17H20N2O2S/c1-2-21-17(20)15-12-22-16(18-15)13-8-10-19(11-9-13)14-6-4-3-5-7-14/h3-7,12-13H,2,8-11H2,1H3. The third-order valence-electron chi connectivity index (χ3n) is 3.97. The van der Waals surface area contributed by atoms with Gasteiger partial charge in [0.15, 0.2) is 5.69 Å². The van der Waals surface area contributed by atoms with Crippen LogP contribution in [0.25, 0.3) is 0 Å². The number of nitrogens with zero attached hydrogens (tertiary/aromatic N) is 2. The fourth-order valence-electron chi connectivity index (χ4n) is 2.80. The van der Waals surface area contributed by atoms with Gasteiger partial charge in [-0.25, -0.2) is 9.78 Å². The molecule has 0 aliphatic carbocycles. The van der Waals surface area contributed by atoms with E-state index in [-0.39, 0.29) is 5.97 Å². The summed E-state index contributed by atoms with van der Waals surface area (Å²) in [6.07, 6.45) is 2.15. The Morgan fingerprint density at radius 1 is 1.32 bits per heavy atom. The monoisotopic (exact) mass is 316 g/mol. The van der Waals surface area contributed by atoms with Crippen molar-refractivity contribution in [2.24, 2.45) is 0 Å². The lowest BCUT2D eigenvalue weighted by Gasteiger charge is -2.32. The molecule has 2 heterocycles. The van der Waals surface area contributed by atoms with Crippen LogP contribution in [0.5, 0.6) is 0 Å². The van der Waals surface area contributed by atoms with Crippen LogP contribution in [0, 0.1) is 0 Å². The summed E-state index contributed by atoms with van der Waals surface area (Å²) in [4.78, 5) is 18.6. The van der Waals surface area contributed by atoms with Crippen LogP contribution in [0.2, 0.25) is 0 Å². The van der Waals surface area contributed by atoms with Crippen LogP contribution in [-0.2, 0) is 4.74 Å². The summed E-state index contributed by atoms with van der Waals surface area (Å²) < 4.78 is 5.00. The Morgan fingerprint density at radius 2 is 2.05 bits per heavy atom. The molecule has 1 aromatic heterocycles. The fraction of sp³-hybridized carbons (Fsp3) is 0.412. The molecule has 0 radical (unpaired) electrons. The van der Waals surface area contributed by atoms with E-state index in [1.54, 1.807) is 11.3 Å². The van der Waals surface area contributed by atoms with Crippen molar-refractivity contribution in [3.8, 4) is 0 Å². The highest BCUT2D eigenvalue weighted by Crippen LogP contribution is 2.32. The maximum Gasteiger partial charge on any atom is 0.357 e. The van der Waals surface area contributed by atoms with E-state index in [9.17, 15) is 4.79 Å². The Labute approximate surface area is 134 Å². The van der Waals surface area contributed by atoms with Crippen molar-refractivity contribution in [1.29, 1.82) is 0 Å². The molecule has 0 N–H and O–H groups in total. The molecule has 0 amide bonds. The first kappa shape index (κ1) is 15.0. The summed E-state index contributed by atoms with van der Waals surface area (Å²) in [7, 11) is 0. The van der Waals surface area contributed by atoms with E-state index in [4.69, 9.17) is 4.74 Å². The van der Waals surface area contributed by atoms with Gasteiger partial charge in [-0.2, -0.15) is 0 Å². The molecule has 0 saturated carbocycles. The predicted octanol–water partition coefficient (Wildman–Crippen LogP) is 3.70. The number of rotatable bonds is 4. The number of aromatic nitrogens is 1. The molecular formula is C17H20N2O2S. The van der Waals surface area contributed by atoms with Crippen molar-refractivity contribution < 1.29 is 9.53 Å². The third-order valence-corrected chi connectivity index (χ3v) is 4.98. The second-order valence-electron chi connectivity index (χ2n) is 5.39. The van der Waals surface area contributed by atoms with Gasteiger partial charge in [0.2, 0.25) is 0 Å². The number of anilines is 1. The normalized spacial score (nSPS) is 15.8. The number of hydrogen-bond donors (Lipinski definition) is 0. The second-order valence-corrected chi connectivity index (χ2v) is 6.28. The molecule has 1 aromatic carbocycles. The van der Waals surface area contributed by atoms with Gasteiger partial charge in [-0.3, -0.25) is 0 Å². The zero-order valence-electron chi connectivity index (χ0n) is 12.7. The first-order valence-corrected chi connectivity index (χ1v) is 8.58. The van der Waals surface area contributed by atoms with Gasteiger partial charge < -0.3 is 9.64 Å². The number of piperidine rings is 1. The number of para-hydroxylation sites is 1. The SMILES string of the molecule is CCOC(=O)c1csc(C2CCN(c3ccccc3)CC2)n1. The van der Waals surface area contributed by atoms with E-state index in [0.29, 0.717) is 18.2 Å². The third kappa shape index (κ3) is 3.30. The molecule has 0 bridgehead atoms. The molecular weight excluding hydrogens is 296 g/mol. The number of benzene rings is 1. The van der Waals surface area contributed by atoms with Crippen LogP contribution < -0.4 is 4.90 Å². The van der Waals surface area contributed by atoms with Crippen molar-refractivity contribution in [2.45, 2.75) is 25.7 Å². The Bertz CT molecular complexity index is 619. The molecule has 0 unspecified atom stereocenters. The van der Waals surface area contributed by atoms with Gasteiger partial charge in [-0.05, 0) is 31.9 Å². The van der Waals surface area contributed by atoms with Crippen LogP contribution in [0.3, 0.4) is 0 Å². The average Bonchev–Trinajstić information content (AvgIpc) is 3.06. The molecule has 1 saturated heterocycles. The largest absolute Gasteiger partial charge is 0.461 e. The lowest BCUT2D eigenvalue weighted by molar-refractivity contribution is 0.0520. The number of ether oxygens (including phenoxy) is 1. The summed E-state index contributed by atoms with van der Waals surface area (Å²) in [5.41, 5.74) is 1.74. The smallest absolute Gasteiger partial charge is 0.357 e. The van der Waals surface area contributed by atoms with E-state index < -0.39 is 0 Å². The lowest BCUT2D eigenvalue weighted by atomic mass is 9.97. The number of esters is 1. The lowest BCUT2D eigenvalue weighted by Crippen LogP contribution is -2.32. The van der Waals surface area contributed by atoms with Gasteiger partial charge in [0.1, 0.15) is 0 Å². The van der Waals surface area contributed by atoms with Gasteiger partial charge in [0.25, 0.3) is 0 Å². The van der Waals surface area contributed by atoms with E-state index in [2.05, 4.69) is 34.1 Å². The fourth-order valence-corrected chi connectivity index (χ4v) is 3.76. The van der Waals surface area contributed by atoms with Gasteiger partial charge >= 0.3 is 5.97 Å². The molecule has 0 spiro atoms. The van der Waals surface area contributed by atoms with Crippen molar-refractivity contribution >= 4 is 23.0 Å². The molecule has 3 rings (SSSR count). The van der Waals surface area contributed by atoms with Crippen molar-refractivity contribution in [3.63, 3.8) is 0 Å². The Balaban J connectivity index is 1.61. The molecule has 1 aliphatic rings. The Morgan fingerprint density at radius 3 is 2.73 bits per heavy atom. The topological polar surface area (TPSA) is 42.4 Å². The Kier molecular flexibility index (Phi) is 4.73. The second kappa shape index (κ2) is 6.92. The van der Waals surface area contributed by atoms with Crippen LogP contribution in [0.1, 0.15) is 41.2 Å².